The fraction of sp³-hybridized carbons (Fsp3) is 0.111. The first-order chi connectivity index (χ1) is 12.6. The molecule has 1 aliphatic heterocycles. The van der Waals surface area contributed by atoms with E-state index in [9.17, 15) is 14.4 Å². The summed E-state index contributed by atoms with van der Waals surface area (Å²) in [7, 11) is 0. The average molecular weight is 349 g/mol. The van der Waals surface area contributed by atoms with Crippen LogP contribution in [0.1, 0.15) is 22.9 Å². The molecule has 3 heterocycles. The van der Waals surface area contributed by atoms with Gasteiger partial charge >= 0.3 is 11.7 Å². The Morgan fingerprint density at radius 1 is 1.00 bits per heavy atom. The number of hydrogen-bond donors (Lipinski definition) is 3. The molecule has 0 radical (unpaired) electrons. The molecule has 1 aliphatic rings. The van der Waals surface area contributed by atoms with Crippen LogP contribution in [0.25, 0.3) is 0 Å². The molecule has 3 N–H and O–H groups in total. The van der Waals surface area contributed by atoms with Gasteiger partial charge in [0.05, 0.1) is 17.8 Å². The van der Waals surface area contributed by atoms with Gasteiger partial charge in [0.1, 0.15) is 11.9 Å². The molecule has 0 saturated heterocycles. The minimum atomic E-state index is -0.744. The molecule has 26 heavy (non-hydrogen) atoms. The molecule has 3 aromatic rings. The number of H-pyrrole nitrogens is 1. The summed E-state index contributed by atoms with van der Waals surface area (Å²) in [5.41, 5.74) is 0.487. The largest absolute Gasteiger partial charge is 0.330 e. The highest BCUT2D eigenvalue weighted by molar-refractivity contribution is 5.92. The van der Waals surface area contributed by atoms with Gasteiger partial charge in [-0.3, -0.25) is 24.6 Å². The first kappa shape index (κ1) is 15.8. The van der Waals surface area contributed by atoms with Crippen LogP contribution in [0.3, 0.4) is 0 Å². The number of amides is 2. The van der Waals surface area contributed by atoms with Gasteiger partial charge in [-0.1, -0.05) is 36.4 Å². The Bertz CT molecular complexity index is 1070. The Labute approximate surface area is 147 Å². The van der Waals surface area contributed by atoms with Crippen molar-refractivity contribution in [1.29, 1.82) is 0 Å². The number of nitrogens with one attached hydrogen (secondary N) is 3. The van der Waals surface area contributed by atoms with E-state index >= 15 is 0 Å². The number of urea groups is 1. The Morgan fingerprint density at radius 2 is 1.77 bits per heavy atom. The average Bonchev–Trinajstić information content (AvgIpc) is 2.66. The van der Waals surface area contributed by atoms with Crippen LogP contribution in [0.5, 0.6) is 0 Å². The summed E-state index contributed by atoms with van der Waals surface area (Å²) < 4.78 is 1.35. The SMILES string of the molecule is O=C1Nc2c(c(=O)[nH]c(=O)n2Cc2ccccc2)C(c2ccccn2)N1. The quantitative estimate of drug-likeness (QED) is 0.660. The number of aromatic nitrogens is 3. The van der Waals surface area contributed by atoms with Gasteiger partial charge in [-0.15, -0.1) is 0 Å². The minimum Gasteiger partial charge on any atom is -0.325 e. The molecule has 0 fully saturated rings. The van der Waals surface area contributed by atoms with Crippen LogP contribution in [0.4, 0.5) is 10.6 Å². The first-order valence-electron chi connectivity index (χ1n) is 8.03. The van der Waals surface area contributed by atoms with Gasteiger partial charge in [-0.25, -0.2) is 9.59 Å². The molecule has 130 valence electrons. The van der Waals surface area contributed by atoms with Crippen LogP contribution >= 0.6 is 0 Å². The summed E-state index contributed by atoms with van der Waals surface area (Å²) in [5, 5.41) is 5.29. The van der Waals surface area contributed by atoms with Crippen molar-refractivity contribution in [2.75, 3.05) is 5.32 Å². The molecule has 4 rings (SSSR count). The van der Waals surface area contributed by atoms with Crippen LogP contribution in [0, 0.1) is 0 Å². The molecule has 0 aliphatic carbocycles. The number of carbonyl (C=O) groups is 1. The van der Waals surface area contributed by atoms with E-state index in [4.69, 9.17) is 0 Å². The van der Waals surface area contributed by atoms with Crippen molar-refractivity contribution in [2.45, 2.75) is 12.6 Å². The molecule has 0 bridgehead atoms. The molecule has 0 saturated carbocycles. The van der Waals surface area contributed by atoms with E-state index in [0.717, 1.165) is 5.56 Å². The standard InChI is InChI=1S/C18H15N5O3/c24-16-13-14(12-8-4-5-9-19-12)20-17(25)21-15(13)23(18(26)22-16)10-11-6-2-1-3-7-11/h1-9,14H,10H2,(H2,20,21,25)(H,22,24,26). The van der Waals surface area contributed by atoms with Crippen molar-refractivity contribution in [2.24, 2.45) is 0 Å². The highest BCUT2D eigenvalue weighted by Crippen LogP contribution is 2.27. The highest BCUT2D eigenvalue weighted by Gasteiger charge is 2.32. The zero-order chi connectivity index (χ0) is 18.1. The third kappa shape index (κ3) is 2.77. The number of aromatic amines is 1. The Balaban J connectivity index is 1.90. The molecule has 1 atom stereocenters. The van der Waals surface area contributed by atoms with Crippen LogP contribution in [0.15, 0.2) is 64.3 Å². The normalized spacial score (nSPS) is 15.7. The second kappa shape index (κ2) is 6.32. The van der Waals surface area contributed by atoms with E-state index in [1.165, 1.54) is 4.57 Å². The summed E-state index contributed by atoms with van der Waals surface area (Å²) in [4.78, 5) is 43.6. The zero-order valence-corrected chi connectivity index (χ0v) is 13.6. The summed E-state index contributed by atoms with van der Waals surface area (Å²) in [6, 6.07) is 13.3. The van der Waals surface area contributed by atoms with E-state index in [0.29, 0.717) is 5.69 Å². The number of pyridine rings is 1. The first-order valence-corrected chi connectivity index (χ1v) is 8.03. The van der Waals surface area contributed by atoms with Crippen LogP contribution < -0.4 is 21.9 Å². The van der Waals surface area contributed by atoms with Gasteiger partial charge in [0, 0.05) is 6.20 Å². The summed E-state index contributed by atoms with van der Waals surface area (Å²) >= 11 is 0. The summed E-state index contributed by atoms with van der Waals surface area (Å²) in [6.45, 7) is 0.216. The third-order valence-corrected chi connectivity index (χ3v) is 4.20. The van der Waals surface area contributed by atoms with Gasteiger partial charge in [-0.2, -0.15) is 0 Å². The second-order valence-corrected chi connectivity index (χ2v) is 5.88. The maximum Gasteiger partial charge on any atom is 0.330 e. The maximum absolute atomic E-state index is 12.5. The predicted octanol–water partition coefficient (Wildman–Crippen LogP) is 1.20. The number of hydrogen-bond acceptors (Lipinski definition) is 4. The fourth-order valence-corrected chi connectivity index (χ4v) is 3.02. The summed E-state index contributed by atoms with van der Waals surface area (Å²) in [6.07, 6.45) is 1.58. The minimum absolute atomic E-state index is 0.182. The van der Waals surface area contributed by atoms with Crippen molar-refractivity contribution in [3.63, 3.8) is 0 Å². The molecule has 1 aromatic carbocycles. The lowest BCUT2D eigenvalue weighted by atomic mass is 10.0. The highest BCUT2D eigenvalue weighted by atomic mass is 16.2. The van der Waals surface area contributed by atoms with Gasteiger partial charge in [0.2, 0.25) is 0 Å². The van der Waals surface area contributed by atoms with Crippen molar-refractivity contribution in [1.82, 2.24) is 19.9 Å². The topological polar surface area (TPSA) is 109 Å². The van der Waals surface area contributed by atoms with Crippen molar-refractivity contribution < 1.29 is 4.79 Å². The fourth-order valence-electron chi connectivity index (χ4n) is 3.02. The molecular formula is C18H15N5O3. The number of rotatable bonds is 3. The van der Waals surface area contributed by atoms with Gasteiger partial charge in [0.25, 0.3) is 5.56 Å². The monoisotopic (exact) mass is 349 g/mol. The van der Waals surface area contributed by atoms with Gasteiger partial charge in [-0.05, 0) is 17.7 Å². The number of anilines is 1. The molecule has 8 nitrogen and oxygen atoms in total. The van der Waals surface area contributed by atoms with Gasteiger partial charge in [0.15, 0.2) is 0 Å². The Morgan fingerprint density at radius 3 is 2.50 bits per heavy atom. The van der Waals surface area contributed by atoms with E-state index in [-0.39, 0.29) is 17.9 Å². The Kier molecular flexibility index (Phi) is 3.85. The van der Waals surface area contributed by atoms with E-state index < -0.39 is 23.3 Å². The van der Waals surface area contributed by atoms with Crippen LogP contribution in [-0.4, -0.2) is 20.6 Å². The van der Waals surface area contributed by atoms with Crippen LogP contribution in [-0.2, 0) is 6.54 Å². The lowest BCUT2D eigenvalue weighted by Gasteiger charge is -2.28. The molecule has 2 aromatic heterocycles. The summed E-state index contributed by atoms with van der Waals surface area (Å²) in [5.74, 6) is 0.182. The molecule has 8 heteroatoms. The predicted molar refractivity (Wildman–Crippen MR) is 95.1 cm³/mol. The molecule has 0 spiro atoms. The maximum atomic E-state index is 12.5. The van der Waals surface area contributed by atoms with Crippen molar-refractivity contribution >= 4 is 11.8 Å². The third-order valence-electron chi connectivity index (χ3n) is 4.20. The number of fused-ring (bicyclic) bond motifs is 1. The zero-order valence-electron chi connectivity index (χ0n) is 13.6. The van der Waals surface area contributed by atoms with Gasteiger partial charge < -0.3 is 5.32 Å². The van der Waals surface area contributed by atoms with Crippen molar-refractivity contribution in [3.8, 4) is 0 Å². The Hall–Kier alpha value is -3.68. The number of benzene rings is 1. The lowest BCUT2D eigenvalue weighted by Crippen LogP contribution is -2.47. The van der Waals surface area contributed by atoms with Crippen LogP contribution in [0.2, 0.25) is 0 Å². The number of nitrogens with zero attached hydrogens (tertiary/aromatic N) is 2. The molecule has 1 unspecified atom stereocenters. The lowest BCUT2D eigenvalue weighted by molar-refractivity contribution is 0.248. The van der Waals surface area contributed by atoms with E-state index in [1.807, 2.05) is 30.3 Å². The van der Waals surface area contributed by atoms with E-state index in [2.05, 4.69) is 20.6 Å². The second-order valence-electron chi connectivity index (χ2n) is 5.88. The smallest absolute Gasteiger partial charge is 0.325 e. The molecule has 2 amide bonds. The molecular weight excluding hydrogens is 334 g/mol. The van der Waals surface area contributed by atoms with E-state index in [1.54, 1.807) is 24.4 Å². The van der Waals surface area contributed by atoms with Crippen molar-refractivity contribution in [3.05, 3.63) is 92.4 Å². The number of carbonyl (C=O) groups excluding carboxylic acids is 1.